The molecule has 0 aliphatic carbocycles. The van der Waals surface area contributed by atoms with Crippen LogP contribution < -0.4 is 4.72 Å². The average molecular weight is 308 g/mol. The van der Waals surface area contributed by atoms with Crippen LogP contribution in [-0.4, -0.2) is 13.6 Å². The second-order valence-corrected chi connectivity index (χ2v) is 7.09. The summed E-state index contributed by atoms with van der Waals surface area (Å²) < 4.78 is 32.0. The van der Waals surface area contributed by atoms with Gasteiger partial charge in [0.2, 0.25) is 10.0 Å². The molecule has 1 aromatic carbocycles. The maximum Gasteiger partial charge on any atom is 0.218 e. The third kappa shape index (κ3) is 3.92. The molecule has 0 bridgehead atoms. The van der Waals surface area contributed by atoms with Crippen molar-refractivity contribution in [2.75, 3.05) is 0 Å². The number of hydrogen-bond donors (Lipinski definition) is 1. The summed E-state index contributed by atoms with van der Waals surface area (Å²) in [6, 6.07) is 7.27. The molecule has 0 fully saturated rings. The summed E-state index contributed by atoms with van der Waals surface area (Å²) in [4.78, 5) is 0. The van der Waals surface area contributed by atoms with Gasteiger partial charge in [-0.3, -0.25) is 0 Å². The number of rotatable bonds is 5. The van der Waals surface area contributed by atoms with Crippen LogP contribution in [0.15, 0.2) is 28.8 Å². The standard InChI is InChI=1S/C15H20N2O3S/c1-10-6-5-7-11(2)15(10)13(4)17-21(18,19)9-14-8-12(3)20-16-14/h5-8,13,17H,9H2,1-4H3. The van der Waals surface area contributed by atoms with Gasteiger partial charge in [-0.1, -0.05) is 23.4 Å². The number of hydrogen-bond acceptors (Lipinski definition) is 4. The van der Waals surface area contributed by atoms with Crippen molar-refractivity contribution < 1.29 is 12.9 Å². The molecule has 1 aromatic heterocycles. The molecule has 0 amide bonds. The largest absolute Gasteiger partial charge is 0.361 e. The van der Waals surface area contributed by atoms with E-state index in [0.717, 1.165) is 16.7 Å². The number of nitrogens with zero attached hydrogens (tertiary/aromatic N) is 1. The van der Waals surface area contributed by atoms with Crippen molar-refractivity contribution in [1.82, 2.24) is 9.88 Å². The fraction of sp³-hybridized carbons (Fsp3) is 0.400. The molecule has 0 aliphatic heterocycles. The minimum atomic E-state index is -3.47. The topological polar surface area (TPSA) is 72.2 Å². The van der Waals surface area contributed by atoms with Crippen LogP contribution in [0.4, 0.5) is 0 Å². The van der Waals surface area contributed by atoms with Crippen molar-refractivity contribution >= 4 is 10.0 Å². The Balaban J connectivity index is 2.16. The van der Waals surface area contributed by atoms with E-state index in [-0.39, 0.29) is 11.8 Å². The normalized spacial score (nSPS) is 13.3. The van der Waals surface area contributed by atoms with Gasteiger partial charge in [-0.05, 0) is 44.4 Å². The molecule has 0 saturated heterocycles. The molecule has 0 spiro atoms. The van der Waals surface area contributed by atoms with E-state index in [0.29, 0.717) is 11.5 Å². The highest BCUT2D eigenvalue weighted by Crippen LogP contribution is 2.22. The smallest absolute Gasteiger partial charge is 0.218 e. The summed E-state index contributed by atoms with van der Waals surface area (Å²) in [7, 11) is -3.47. The Morgan fingerprint density at radius 3 is 2.38 bits per heavy atom. The highest BCUT2D eigenvalue weighted by atomic mass is 32.2. The van der Waals surface area contributed by atoms with Crippen LogP contribution in [0.25, 0.3) is 0 Å². The van der Waals surface area contributed by atoms with Gasteiger partial charge in [-0.25, -0.2) is 13.1 Å². The van der Waals surface area contributed by atoms with Gasteiger partial charge in [0.1, 0.15) is 17.2 Å². The molecule has 0 saturated carbocycles. The molecular weight excluding hydrogens is 288 g/mol. The van der Waals surface area contributed by atoms with Crippen molar-refractivity contribution in [3.05, 3.63) is 52.4 Å². The van der Waals surface area contributed by atoms with Crippen molar-refractivity contribution in [1.29, 1.82) is 0 Å². The molecular formula is C15H20N2O3S. The highest BCUT2D eigenvalue weighted by Gasteiger charge is 2.20. The number of aryl methyl sites for hydroxylation is 3. The van der Waals surface area contributed by atoms with Gasteiger partial charge in [0.15, 0.2) is 0 Å². The van der Waals surface area contributed by atoms with Crippen LogP contribution in [0.5, 0.6) is 0 Å². The first-order valence-corrected chi connectivity index (χ1v) is 8.42. The lowest BCUT2D eigenvalue weighted by atomic mass is 9.98. The Bertz CT molecular complexity index is 715. The minimum Gasteiger partial charge on any atom is -0.361 e. The fourth-order valence-corrected chi connectivity index (χ4v) is 3.83. The van der Waals surface area contributed by atoms with Crippen molar-refractivity contribution in [2.24, 2.45) is 0 Å². The van der Waals surface area contributed by atoms with Gasteiger partial charge >= 0.3 is 0 Å². The van der Waals surface area contributed by atoms with Crippen LogP contribution in [0.3, 0.4) is 0 Å². The van der Waals surface area contributed by atoms with E-state index in [1.54, 1.807) is 13.0 Å². The lowest BCUT2D eigenvalue weighted by Gasteiger charge is -2.18. The SMILES string of the molecule is Cc1cc(CS(=O)(=O)NC(C)c2c(C)cccc2C)no1. The van der Waals surface area contributed by atoms with Crippen LogP contribution in [0, 0.1) is 20.8 Å². The van der Waals surface area contributed by atoms with Crippen LogP contribution in [0.1, 0.15) is 41.1 Å². The van der Waals surface area contributed by atoms with E-state index in [4.69, 9.17) is 4.52 Å². The zero-order valence-corrected chi connectivity index (χ0v) is 13.5. The minimum absolute atomic E-state index is 0.181. The highest BCUT2D eigenvalue weighted by molar-refractivity contribution is 7.88. The van der Waals surface area contributed by atoms with Crippen molar-refractivity contribution in [3.8, 4) is 0 Å². The van der Waals surface area contributed by atoms with E-state index >= 15 is 0 Å². The summed E-state index contributed by atoms with van der Waals surface area (Å²) in [5.41, 5.74) is 3.57. The Labute approximate surface area is 125 Å². The van der Waals surface area contributed by atoms with Gasteiger partial charge in [0.05, 0.1) is 0 Å². The first-order chi connectivity index (χ1) is 9.78. The maximum atomic E-state index is 12.2. The van der Waals surface area contributed by atoms with E-state index in [9.17, 15) is 8.42 Å². The summed E-state index contributed by atoms with van der Waals surface area (Å²) in [5, 5.41) is 3.72. The molecule has 0 radical (unpaired) electrons. The van der Waals surface area contributed by atoms with Crippen LogP contribution in [0.2, 0.25) is 0 Å². The zero-order valence-electron chi connectivity index (χ0n) is 12.7. The molecule has 2 rings (SSSR count). The average Bonchev–Trinajstić information content (AvgIpc) is 2.72. The number of aromatic nitrogens is 1. The quantitative estimate of drug-likeness (QED) is 0.922. The third-order valence-corrected chi connectivity index (χ3v) is 4.73. The Morgan fingerprint density at radius 2 is 1.86 bits per heavy atom. The van der Waals surface area contributed by atoms with E-state index in [2.05, 4.69) is 9.88 Å². The van der Waals surface area contributed by atoms with Gasteiger partial charge < -0.3 is 4.52 Å². The maximum absolute atomic E-state index is 12.2. The lowest BCUT2D eigenvalue weighted by molar-refractivity contribution is 0.392. The van der Waals surface area contributed by atoms with E-state index < -0.39 is 10.0 Å². The molecule has 21 heavy (non-hydrogen) atoms. The first kappa shape index (κ1) is 15.7. The van der Waals surface area contributed by atoms with Crippen molar-refractivity contribution in [3.63, 3.8) is 0 Å². The monoisotopic (exact) mass is 308 g/mol. The summed E-state index contributed by atoms with van der Waals surface area (Å²) in [5.74, 6) is 0.419. The predicted octanol–water partition coefficient (Wildman–Crippen LogP) is 2.78. The predicted molar refractivity (Wildman–Crippen MR) is 81.3 cm³/mol. The van der Waals surface area contributed by atoms with Gasteiger partial charge in [0.25, 0.3) is 0 Å². The summed E-state index contributed by atoms with van der Waals surface area (Å²) in [6.07, 6.45) is 0. The molecule has 2 aromatic rings. The summed E-state index contributed by atoms with van der Waals surface area (Å²) >= 11 is 0. The van der Waals surface area contributed by atoms with E-state index in [1.165, 1.54) is 0 Å². The zero-order chi connectivity index (χ0) is 15.6. The molecule has 6 heteroatoms. The number of benzene rings is 1. The molecule has 114 valence electrons. The second kappa shape index (κ2) is 5.99. The Morgan fingerprint density at radius 1 is 1.24 bits per heavy atom. The van der Waals surface area contributed by atoms with Gasteiger partial charge in [-0.15, -0.1) is 0 Å². The number of sulfonamides is 1. The number of nitrogens with one attached hydrogen (secondary N) is 1. The lowest BCUT2D eigenvalue weighted by Crippen LogP contribution is -2.29. The molecule has 5 nitrogen and oxygen atoms in total. The van der Waals surface area contributed by atoms with Crippen LogP contribution in [-0.2, 0) is 15.8 Å². The molecule has 1 N–H and O–H groups in total. The van der Waals surface area contributed by atoms with Crippen molar-refractivity contribution in [2.45, 2.75) is 39.5 Å². The molecule has 1 unspecified atom stereocenters. The first-order valence-electron chi connectivity index (χ1n) is 6.77. The fourth-order valence-electron chi connectivity index (χ4n) is 2.56. The third-order valence-electron chi connectivity index (χ3n) is 3.35. The summed E-state index contributed by atoms with van der Waals surface area (Å²) in [6.45, 7) is 7.54. The van der Waals surface area contributed by atoms with Gasteiger partial charge in [0, 0.05) is 12.1 Å². The molecule has 1 heterocycles. The second-order valence-electron chi connectivity index (χ2n) is 5.33. The Hall–Kier alpha value is -1.66. The van der Waals surface area contributed by atoms with E-state index in [1.807, 2.05) is 39.0 Å². The molecule has 0 aliphatic rings. The van der Waals surface area contributed by atoms with Crippen LogP contribution >= 0.6 is 0 Å². The molecule has 1 atom stereocenters. The van der Waals surface area contributed by atoms with Gasteiger partial charge in [-0.2, -0.15) is 0 Å². The Kier molecular flexibility index (Phi) is 4.49.